The quantitative estimate of drug-likeness (QED) is 0.430. The van der Waals surface area contributed by atoms with Crippen molar-refractivity contribution in [2.24, 2.45) is 17.8 Å². The Morgan fingerprint density at radius 1 is 0.684 bits per heavy atom. The van der Waals surface area contributed by atoms with Gasteiger partial charge in [0, 0.05) is 17.8 Å². The van der Waals surface area contributed by atoms with Crippen molar-refractivity contribution < 1.29 is 9.47 Å². The maximum absolute atomic E-state index is 9.57. The largest absolute Gasteiger partial charge is 0.490 e. The van der Waals surface area contributed by atoms with Gasteiger partial charge in [0.25, 0.3) is 0 Å². The lowest BCUT2D eigenvalue weighted by Gasteiger charge is -2.63. The van der Waals surface area contributed by atoms with Crippen molar-refractivity contribution in [3.63, 3.8) is 0 Å². The van der Waals surface area contributed by atoms with Gasteiger partial charge in [-0.05, 0) is 73.6 Å². The average Bonchev–Trinajstić information content (AvgIpc) is 2.94. The Bertz CT molecular complexity index is 1570. The molecular formula is C32H24N4O2. The summed E-state index contributed by atoms with van der Waals surface area (Å²) in [4.78, 5) is 0. The monoisotopic (exact) mass is 496 g/mol. The Morgan fingerprint density at radius 2 is 1.32 bits per heavy atom. The molecule has 38 heavy (non-hydrogen) atoms. The van der Waals surface area contributed by atoms with Crippen LogP contribution in [0, 0.1) is 63.1 Å². The Kier molecular flexibility index (Phi) is 5.76. The van der Waals surface area contributed by atoms with E-state index in [1.807, 2.05) is 6.07 Å². The molecule has 3 aromatic rings. The van der Waals surface area contributed by atoms with Crippen molar-refractivity contribution in [1.29, 1.82) is 21.0 Å². The highest BCUT2D eigenvalue weighted by Crippen LogP contribution is 2.63. The molecule has 6 heteroatoms. The molecule has 0 aromatic heterocycles. The molecule has 6 nitrogen and oxygen atoms in total. The van der Waals surface area contributed by atoms with Crippen molar-refractivity contribution in [3.05, 3.63) is 94.5 Å². The molecule has 4 aliphatic rings. The standard InChI is InChI=1S/C32H24N4O2/c33-16-22-6-8-27(12-25(22)18-35)37-31-24-10-20-11-29(31)30(21-4-2-1-3-5-21)32(14-20,15-24)38-28-9-7-23(17-34)26(13-28)19-36/h1-9,12-13,20,24,29-31H,10-11,14-15H2. The van der Waals surface area contributed by atoms with Gasteiger partial charge in [-0.3, -0.25) is 0 Å². The van der Waals surface area contributed by atoms with Gasteiger partial charge in [-0.1, -0.05) is 30.3 Å². The molecule has 0 aliphatic heterocycles. The van der Waals surface area contributed by atoms with Gasteiger partial charge in [0.05, 0.1) is 22.3 Å². The summed E-state index contributed by atoms with van der Waals surface area (Å²) >= 11 is 0. The maximum Gasteiger partial charge on any atom is 0.121 e. The molecule has 4 saturated carbocycles. The molecule has 0 amide bonds. The molecule has 0 saturated heterocycles. The summed E-state index contributed by atoms with van der Waals surface area (Å²) in [6, 6.07) is 29.1. The highest BCUT2D eigenvalue weighted by molar-refractivity contribution is 5.50. The maximum atomic E-state index is 9.57. The third-order valence-corrected chi connectivity index (χ3v) is 8.58. The third-order valence-electron chi connectivity index (χ3n) is 8.58. The molecule has 4 fully saturated rings. The molecule has 0 spiro atoms. The molecule has 4 aliphatic carbocycles. The number of nitrogens with zero attached hydrogens (tertiary/aromatic N) is 4. The van der Waals surface area contributed by atoms with Gasteiger partial charge in [-0.2, -0.15) is 21.0 Å². The van der Waals surface area contributed by atoms with E-state index in [9.17, 15) is 21.0 Å². The molecule has 0 N–H and O–H groups in total. The summed E-state index contributed by atoms with van der Waals surface area (Å²) in [5.41, 5.74) is 2.09. The zero-order valence-corrected chi connectivity index (χ0v) is 20.7. The van der Waals surface area contributed by atoms with E-state index >= 15 is 0 Å². The lowest BCUT2D eigenvalue weighted by molar-refractivity contribution is -0.172. The van der Waals surface area contributed by atoms with Crippen LogP contribution in [0.2, 0.25) is 0 Å². The minimum Gasteiger partial charge on any atom is -0.490 e. The molecule has 6 unspecified atom stereocenters. The highest BCUT2D eigenvalue weighted by Gasteiger charge is 2.63. The fourth-order valence-corrected chi connectivity index (χ4v) is 7.38. The van der Waals surface area contributed by atoms with E-state index < -0.39 is 5.60 Å². The summed E-state index contributed by atoms with van der Waals surface area (Å²) in [5, 5.41) is 37.7. The molecule has 184 valence electrons. The van der Waals surface area contributed by atoms with Gasteiger partial charge >= 0.3 is 0 Å². The highest BCUT2D eigenvalue weighted by atomic mass is 16.5. The zero-order valence-electron chi connectivity index (χ0n) is 20.7. The van der Waals surface area contributed by atoms with Crippen LogP contribution in [0.15, 0.2) is 66.7 Å². The predicted molar refractivity (Wildman–Crippen MR) is 138 cm³/mol. The normalized spacial score (nSPS) is 28.4. The second-order valence-electron chi connectivity index (χ2n) is 10.7. The Balaban J connectivity index is 1.39. The first kappa shape index (κ1) is 23.6. The molecule has 4 bridgehead atoms. The third kappa shape index (κ3) is 3.84. The summed E-state index contributed by atoms with van der Waals surface area (Å²) in [6.07, 6.45) is 3.80. The van der Waals surface area contributed by atoms with Crippen LogP contribution in [0.25, 0.3) is 0 Å². The van der Waals surface area contributed by atoms with E-state index in [2.05, 4.69) is 48.5 Å². The van der Waals surface area contributed by atoms with Gasteiger partial charge in [-0.25, -0.2) is 0 Å². The second-order valence-corrected chi connectivity index (χ2v) is 10.7. The van der Waals surface area contributed by atoms with Crippen LogP contribution in [0.4, 0.5) is 0 Å². The number of ether oxygens (including phenoxy) is 2. The van der Waals surface area contributed by atoms with Crippen LogP contribution in [0.5, 0.6) is 11.5 Å². The number of rotatable bonds is 5. The van der Waals surface area contributed by atoms with E-state index in [-0.39, 0.29) is 23.9 Å². The van der Waals surface area contributed by atoms with E-state index in [0.29, 0.717) is 39.7 Å². The fourth-order valence-electron chi connectivity index (χ4n) is 7.38. The minimum atomic E-state index is -0.443. The molecule has 6 atom stereocenters. The van der Waals surface area contributed by atoms with Crippen LogP contribution in [-0.4, -0.2) is 11.7 Å². The van der Waals surface area contributed by atoms with Gasteiger partial charge < -0.3 is 9.47 Å². The van der Waals surface area contributed by atoms with Crippen molar-refractivity contribution in [2.45, 2.75) is 43.3 Å². The number of hydrogen-bond donors (Lipinski definition) is 0. The number of nitriles is 4. The van der Waals surface area contributed by atoms with E-state index in [4.69, 9.17) is 9.47 Å². The Labute approximate surface area is 221 Å². The lowest BCUT2D eigenvalue weighted by Crippen LogP contribution is -2.65. The second kappa shape index (κ2) is 9.27. The van der Waals surface area contributed by atoms with Gasteiger partial charge in [0.1, 0.15) is 47.5 Å². The molecule has 3 aromatic carbocycles. The van der Waals surface area contributed by atoms with E-state index in [1.54, 1.807) is 36.4 Å². The number of hydrogen-bond acceptors (Lipinski definition) is 6. The van der Waals surface area contributed by atoms with E-state index in [0.717, 1.165) is 25.7 Å². The van der Waals surface area contributed by atoms with E-state index in [1.165, 1.54) is 5.56 Å². The van der Waals surface area contributed by atoms with Crippen molar-refractivity contribution >= 4 is 0 Å². The van der Waals surface area contributed by atoms with Crippen molar-refractivity contribution in [3.8, 4) is 35.8 Å². The first-order valence-corrected chi connectivity index (χ1v) is 12.9. The molecule has 7 rings (SSSR count). The SMILES string of the molecule is N#Cc1ccc(OC2C3CC4CC2C(c2ccccc2)C(Oc2ccc(C#N)c(C#N)c2)(C4)C3)cc1C#N. The Hall–Kier alpha value is -4.78. The smallest absolute Gasteiger partial charge is 0.121 e. The summed E-state index contributed by atoms with van der Waals surface area (Å²) in [7, 11) is 0. The van der Waals surface area contributed by atoms with Gasteiger partial charge in [0.2, 0.25) is 0 Å². The Morgan fingerprint density at radius 3 is 1.97 bits per heavy atom. The van der Waals surface area contributed by atoms with Crippen LogP contribution in [-0.2, 0) is 0 Å². The molecular weight excluding hydrogens is 472 g/mol. The minimum absolute atomic E-state index is 0.0383. The van der Waals surface area contributed by atoms with Gasteiger partial charge in [0.15, 0.2) is 0 Å². The first-order chi connectivity index (χ1) is 18.6. The topological polar surface area (TPSA) is 114 Å². The number of benzene rings is 3. The summed E-state index contributed by atoms with van der Waals surface area (Å²) in [6.45, 7) is 0. The van der Waals surface area contributed by atoms with Crippen molar-refractivity contribution in [2.75, 3.05) is 0 Å². The molecule has 0 heterocycles. The van der Waals surface area contributed by atoms with Crippen LogP contribution >= 0.6 is 0 Å². The van der Waals surface area contributed by atoms with Crippen LogP contribution < -0.4 is 9.47 Å². The van der Waals surface area contributed by atoms with Gasteiger partial charge in [-0.15, -0.1) is 0 Å². The average molecular weight is 497 g/mol. The lowest BCUT2D eigenvalue weighted by atomic mass is 9.47. The fraction of sp³-hybridized carbons (Fsp3) is 0.312. The predicted octanol–water partition coefficient (Wildman–Crippen LogP) is 5.97. The summed E-state index contributed by atoms with van der Waals surface area (Å²) < 4.78 is 13.5. The zero-order chi connectivity index (χ0) is 26.3. The molecule has 0 radical (unpaired) electrons. The van der Waals surface area contributed by atoms with Crippen molar-refractivity contribution in [1.82, 2.24) is 0 Å². The van der Waals surface area contributed by atoms with Crippen LogP contribution in [0.3, 0.4) is 0 Å². The first-order valence-electron chi connectivity index (χ1n) is 12.9. The van der Waals surface area contributed by atoms with Crippen LogP contribution in [0.1, 0.15) is 59.4 Å². The summed E-state index contributed by atoms with van der Waals surface area (Å²) in [5.74, 6) is 2.32.